The van der Waals surface area contributed by atoms with Gasteiger partial charge in [-0.2, -0.15) is 0 Å². The molecule has 1 aromatic heterocycles. The molecule has 138 valence electrons. The number of rotatable bonds is 5. The minimum Gasteiger partial charge on any atom is -0.465 e. The van der Waals surface area contributed by atoms with Crippen LogP contribution in [0.1, 0.15) is 33.5 Å². The molecule has 3 aromatic rings. The number of amides is 1. The number of carbonyl (C=O) groups is 2. The zero-order valence-electron chi connectivity index (χ0n) is 15.4. The van der Waals surface area contributed by atoms with Gasteiger partial charge in [-0.1, -0.05) is 30.3 Å². The molecule has 0 radical (unpaired) electrons. The van der Waals surface area contributed by atoms with E-state index in [0.29, 0.717) is 29.4 Å². The maximum absolute atomic E-state index is 13.1. The van der Waals surface area contributed by atoms with Gasteiger partial charge in [0.15, 0.2) is 0 Å². The molecule has 0 fully saturated rings. The average Bonchev–Trinajstić information content (AvgIpc) is 3.10. The first-order valence-corrected chi connectivity index (χ1v) is 8.58. The van der Waals surface area contributed by atoms with E-state index in [0.717, 1.165) is 5.56 Å². The summed E-state index contributed by atoms with van der Waals surface area (Å²) < 4.78 is 10.6. The molecule has 6 heteroatoms. The second-order valence-corrected chi connectivity index (χ2v) is 5.86. The summed E-state index contributed by atoms with van der Waals surface area (Å²) >= 11 is 0. The van der Waals surface area contributed by atoms with E-state index in [1.54, 1.807) is 31.2 Å². The second kappa shape index (κ2) is 7.86. The van der Waals surface area contributed by atoms with Crippen molar-refractivity contribution in [3.8, 4) is 11.5 Å². The number of ether oxygens (including phenoxy) is 1. The molecule has 0 spiro atoms. The van der Waals surface area contributed by atoms with Gasteiger partial charge in [0.05, 0.1) is 24.1 Å². The van der Waals surface area contributed by atoms with E-state index in [4.69, 9.17) is 9.15 Å². The van der Waals surface area contributed by atoms with Crippen molar-refractivity contribution in [2.24, 2.45) is 0 Å². The SMILES string of the molecule is CCN(C(=O)c1oc(-c2ccccc2)nc1C)c1ccccc1C(=O)OC. The summed E-state index contributed by atoms with van der Waals surface area (Å²) in [6.07, 6.45) is 0. The molecule has 1 amide bonds. The van der Waals surface area contributed by atoms with Gasteiger partial charge in [0.25, 0.3) is 5.91 Å². The van der Waals surface area contributed by atoms with Crippen LogP contribution in [-0.4, -0.2) is 30.5 Å². The number of benzene rings is 2. The van der Waals surface area contributed by atoms with Gasteiger partial charge in [-0.15, -0.1) is 0 Å². The summed E-state index contributed by atoms with van der Waals surface area (Å²) in [5.74, 6) is -0.332. The van der Waals surface area contributed by atoms with Crippen molar-refractivity contribution in [1.29, 1.82) is 0 Å². The van der Waals surface area contributed by atoms with Crippen LogP contribution in [0.15, 0.2) is 59.0 Å². The van der Waals surface area contributed by atoms with Crippen molar-refractivity contribution in [2.75, 3.05) is 18.6 Å². The van der Waals surface area contributed by atoms with E-state index in [9.17, 15) is 9.59 Å². The lowest BCUT2D eigenvalue weighted by atomic mass is 10.1. The first-order chi connectivity index (χ1) is 13.1. The Hall–Kier alpha value is -3.41. The summed E-state index contributed by atoms with van der Waals surface area (Å²) in [6.45, 7) is 3.91. The number of aromatic nitrogens is 1. The number of oxazole rings is 1. The third kappa shape index (κ3) is 3.60. The van der Waals surface area contributed by atoms with Crippen LogP contribution < -0.4 is 4.90 Å². The zero-order valence-corrected chi connectivity index (χ0v) is 15.4. The third-order valence-electron chi connectivity index (χ3n) is 4.17. The van der Waals surface area contributed by atoms with E-state index in [2.05, 4.69) is 4.98 Å². The Morgan fingerprint density at radius 1 is 1.07 bits per heavy atom. The molecule has 1 heterocycles. The first-order valence-electron chi connectivity index (χ1n) is 8.58. The number of para-hydroxylation sites is 1. The summed E-state index contributed by atoms with van der Waals surface area (Å²) in [5, 5.41) is 0. The van der Waals surface area contributed by atoms with E-state index in [1.807, 2.05) is 37.3 Å². The standard InChI is InChI=1S/C21H20N2O4/c1-4-23(17-13-9-8-12-16(17)21(25)26-3)20(24)18-14(2)22-19(27-18)15-10-6-5-7-11-15/h5-13H,4H2,1-3H3. The summed E-state index contributed by atoms with van der Waals surface area (Å²) in [5.41, 5.74) is 2.06. The summed E-state index contributed by atoms with van der Waals surface area (Å²) in [7, 11) is 1.31. The highest BCUT2D eigenvalue weighted by Gasteiger charge is 2.27. The molecule has 0 aliphatic carbocycles. The summed E-state index contributed by atoms with van der Waals surface area (Å²) in [6, 6.07) is 16.2. The van der Waals surface area contributed by atoms with Gasteiger partial charge in [-0.25, -0.2) is 9.78 Å². The minimum atomic E-state index is -0.504. The zero-order chi connectivity index (χ0) is 19.4. The van der Waals surface area contributed by atoms with Crippen molar-refractivity contribution in [3.05, 3.63) is 71.6 Å². The fraction of sp³-hybridized carbons (Fsp3) is 0.190. The number of hydrogen-bond donors (Lipinski definition) is 0. The number of methoxy groups -OCH3 is 1. The van der Waals surface area contributed by atoms with Crippen molar-refractivity contribution in [3.63, 3.8) is 0 Å². The monoisotopic (exact) mass is 364 g/mol. The fourth-order valence-corrected chi connectivity index (χ4v) is 2.84. The molecule has 0 unspecified atom stereocenters. The van der Waals surface area contributed by atoms with Crippen LogP contribution in [0.2, 0.25) is 0 Å². The molecule has 0 saturated carbocycles. The Morgan fingerprint density at radius 3 is 2.41 bits per heavy atom. The quantitative estimate of drug-likeness (QED) is 0.637. The largest absolute Gasteiger partial charge is 0.465 e. The molecule has 0 aliphatic rings. The molecule has 0 saturated heterocycles. The lowest BCUT2D eigenvalue weighted by Gasteiger charge is -2.22. The Balaban J connectivity index is 2.00. The normalized spacial score (nSPS) is 10.5. The Kier molecular flexibility index (Phi) is 5.35. The molecule has 2 aromatic carbocycles. The van der Waals surface area contributed by atoms with Crippen molar-refractivity contribution < 1.29 is 18.7 Å². The van der Waals surface area contributed by atoms with Crippen LogP contribution >= 0.6 is 0 Å². The molecule has 0 aliphatic heterocycles. The molecular formula is C21H20N2O4. The third-order valence-corrected chi connectivity index (χ3v) is 4.17. The molecule has 27 heavy (non-hydrogen) atoms. The average molecular weight is 364 g/mol. The topological polar surface area (TPSA) is 72.6 Å². The molecule has 3 rings (SSSR count). The van der Waals surface area contributed by atoms with E-state index in [1.165, 1.54) is 12.0 Å². The van der Waals surface area contributed by atoms with Gasteiger partial charge in [-0.3, -0.25) is 4.79 Å². The van der Waals surface area contributed by atoms with Crippen LogP contribution in [0.4, 0.5) is 5.69 Å². The van der Waals surface area contributed by atoms with Crippen LogP contribution in [0.3, 0.4) is 0 Å². The lowest BCUT2D eigenvalue weighted by Crippen LogP contribution is -2.32. The summed E-state index contributed by atoms with van der Waals surface area (Å²) in [4.78, 5) is 31.1. The predicted molar refractivity (Wildman–Crippen MR) is 102 cm³/mol. The highest BCUT2D eigenvalue weighted by atomic mass is 16.5. The maximum Gasteiger partial charge on any atom is 0.339 e. The number of hydrogen-bond acceptors (Lipinski definition) is 5. The number of esters is 1. The first kappa shape index (κ1) is 18.4. The van der Waals surface area contributed by atoms with Crippen LogP contribution in [0.5, 0.6) is 0 Å². The number of carbonyl (C=O) groups excluding carboxylic acids is 2. The smallest absolute Gasteiger partial charge is 0.339 e. The number of aryl methyl sites for hydroxylation is 1. The Labute approximate surface area is 157 Å². The lowest BCUT2D eigenvalue weighted by molar-refractivity contribution is 0.0601. The van der Waals surface area contributed by atoms with Gasteiger partial charge >= 0.3 is 5.97 Å². The van der Waals surface area contributed by atoms with Crippen LogP contribution in [-0.2, 0) is 4.74 Å². The molecular weight excluding hydrogens is 344 g/mol. The van der Waals surface area contributed by atoms with Gasteiger partial charge in [0, 0.05) is 12.1 Å². The van der Waals surface area contributed by atoms with Gasteiger partial charge in [0.1, 0.15) is 0 Å². The van der Waals surface area contributed by atoms with Crippen molar-refractivity contribution >= 4 is 17.6 Å². The van der Waals surface area contributed by atoms with E-state index in [-0.39, 0.29) is 11.7 Å². The van der Waals surface area contributed by atoms with Crippen molar-refractivity contribution in [1.82, 2.24) is 4.98 Å². The molecule has 0 N–H and O–H groups in total. The Morgan fingerprint density at radius 2 is 1.74 bits per heavy atom. The Bertz CT molecular complexity index is 963. The van der Waals surface area contributed by atoms with Gasteiger partial charge in [0.2, 0.25) is 11.7 Å². The molecule has 6 nitrogen and oxygen atoms in total. The second-order valence-electron chi connectivity index (χ2n) is 5.86. The van der Waals surface area contributed by atoms with Gasteiger partial charge in [-0.05, 0) is 38.1 Å². The number of anilines is 1. The molecule has 0 atom stereocenters. The number of nitrogens with zero attached hydrogens (tertiary/aromatic N) is 2. The van der Waals surface area contributed by atoms with Gasteiger partial charge < -0.3 is 14.1 Å². The molecule has 0 bridgehead atoms. The highest BCUT2D eigenvalue weighted by molar-refractivity contribution is 6.08. The van der Waals surface area contributed by atoms with Crippen LogP contribution in [0.25, 0.3) is 11.5 Å². The maximum atomic E-state index is 13.1. The van der Waals surface area contributed by atoms with E-state index < -0.39 is 5.97 Å². The van der Waals surface area contributed by atoms with Crippen LogP contribution in [0, 0.1) is 6.92 Å². The fourth-order valence-electron chi connectivity index (χ4n) is 2.84. The minimum absolute atomic E-state index is 0.148. The van der Waals surface area contributed by atoms with E-state index >= 15 is 0 Å². The highest BCUT2D eigenvalue weighted by Crippen LogP contribution is 2.27. The van der Waals surface area contributed by atoms with Crippen molar-refractivity contribution in [2.45, 2.75) is 13.8 Å². The predicted octanol–water partition coefficient (Wildman–Crippen LogP) is 4.10.